The Kier molecular flexibility index (Phi) is 8.44. The molecule has 0 aromatic carbocycles. The minimum absolute atomic E-state index is 0. The molecule has 140 valence electrons. The van der Waals surface area contributed by atoms with E-state index < -0.39 is 5.91 Å². The molecule has 2 heterocycles. The van der Waals surface area contributed by atoms with Crippen LogP contribution in [-0.2, 0) is 4.79 Å². The number of anilines is 1. The van der Waals surface area contributed by atoms with Gasteiger partial charge in [0.15, 0.2) is 0 Å². The van der Waals surface area contributed by atoms with Crippen LogP contribution >= 0.6 is 36.4 Å². The number of nitrogens with zero attached hydrogens (tertiary/aromatic N) is 1. The van der Waals surface area contributed by atoms with Gasteiger partial charge in [-0.25, -0.2) is 10.5 Å². The number of carbonyl (C=O) groups excluding carboxylic acids is 1. The number of hydrogen-bond acceptors (Lipinski definition) is 5. The summed E-state index contributed by atoms with van der Waals surface area (Å²) < 4.78 is 0. The van der Waals surface area contributed by atoms with Crippen molar-refractivity contribution in [2.24, 2.45) is 5.92 Å². The van der Waals surface area contributed by atoms with E-state index in [9.17, 15) is 4.79 Å². The molecule has 0 spiro atoms. The SMILES string of the molecule is Cl.Cl.O=C(/C=C/c1cnc(N[C@@]2(C3CCC3)CCNC2)c(Cl)c1)NO. The highest BCUT2D eigenvalue weighted by molar-refractivity contribution is 6.33. The quantitative estimate of drug-likeness (QED) is 0.341. The number of halogens is 3. The lowest BCUT2D eigenvalue weighted by atomic mass is 9.70. The van der Waals surface area contributed by atoms with E-state index >= 15 is 0 Å². The fourth-order valence-corrected chi connectivity index (χ4v) is 3.53. The fraction of sp³-hybridized carbons (Fsp3) is 0.500. The van der Waals surface area contributed by atoms with E-state index in [0.717, 1.165) is 19.5 Å². The van der Waals surface area contributed by atoms with Crippen LogP contribution < -0.4 is 16.1 Å². The van der Waals surface area contributed by atoms with E-state index in [0.29, 0.717) is 22.3 Å². The van der Waals surface area contributed by atoms with E-state index in [4.69, 9.17) is 16.8 Å². The fourth-order valence-electron chi connectivity index (χ4n) is 3.31. The van der Waals surface area contributed by atoms with Crippen LogP contribution in [0, 0.1) is 5.92 Å². The highest BCUT2D eigenvalue weighted by atomic mass is 35.5. The minimum Gasteiger partial charge on any atom is -0.362 e. The Labute approximate surface area is 164 Å². The second-order valence-corrected chi connectivity index (χ2v) is 6.65. The summed E-state index contributed by atoms with van der Waals surface area (Å²) in [5.41, 5.74) is 2.29. The summed E-state index contributed by atoms with van der Waals surface area (Å²) in [6, 6.07) is 1.76. The number of nitrogens with one attached hydrogen (secondary N) is 3. The van der Waals surface area contributed by atoms with Crippen LogP contribution in [0.2, 0.25) is 5.02 Å². The second kappa shape index (κ2) is 9.59. The monoisotopic (exact) mass is 408 g/mol. The zero-order valence-electron chi connectivity index (χ0n) is 13.6. The largest absolute Gasteiger partial charge is 0.362 e. The van der Waals surface area contributed by atoms with Crippen LogP contribution in [0.25, 0.3) is 6.08 Å². The van der Waals surface area contributed by atoms with Gasteiger partial charge in [-0.3, -0.25) is 10.0 Å². The van der Waals surface area contributed by atoms with Gasteiger partial charge in [0.1, 0.15) is 5.82 Å². The topological polar surface area (TPSA) is 86.3 Å². The van der Waals surface area contributed by atoms with Crippen molar-refractivity contribution in [3.8, 4) is 0 Å². The molecular weight excluding hydrogens is 387 g/mol. The van der Waals surface area contributed by atoms with E-state index in [-0.39, 0.29) is 30.4 Å². The van der Waals surface area contributed by atoms with Gasteiger partial charge in [-0.15, -0.1) is 24.8 Å². The predicted molar refractivity (Wildman–Crippen MR) is 104 cm³/mol. The number of aromatic nitrogens is 1. The summed E-state index contributed by atoms with van der Waals surface area (Å²) in [7, 11) is 0. The average molecular weight is 410 g/mol. The van der Waals surface area contributed by atoms with Gasteiger partial charge in [0.2, 0.25) is 0 Å². The minimum atomic E-state index is -0.593. The van der Waals surface area contributed by atoms with Gasteiger partial charge in [0, 0.05) is 18.8 Å². The van der Waals surface area contributed by atoms with Gasteiger partial charge in [0.05, 0.1) is 10.6 Å². The van der Waals surface area contributed by atoms with E-state index in [1.165, 1.54) is 25.3 Å². The van der Waals surface area contributed by atoms with Gasteiger partial charge in [0.25, 0.3) is 5.91 Å². The van der Waals surface area contributed by atoms with Crippen molar-refractivity contribution in [1.29, 1.82) is 0 Å². The Bertz CT molecular complexity index is 617. The second-order valence-electron chi connectivity index (χ2n) is 6.24. The molecule has 2 aliphatic rings. The van der Waals surface area contributed by atoms with Gasteiger partial charge in [-0.2, -0.15) is 0 Å². The van der Waals surface area contributed by atoms with Crippen molar-refractivity contribution >= 4 is 54.2 Å². The first-order chi connectivity index (χ1) is 11.1. The molecule has 4 N–H and O–H groups in total. The molecule has 2 fully saturated rings. The van der Waals surface area contributed by atoms with Crippen molar-refractivity contribution in [3.63, 3.8) is 0 Å². The molecule has 1 aromatic heterocycles. The summed E-state index contributed by atoms with van der Waals surface area (Å²) in [4.78, 5) is 15.4. The first-order valence-corrected chi connectivity index (χ1v) is 8.27. The molecule has 1 saturated carbocycles. The van der Waals surface area contributed by atoms with E-state index in [2.05, 4.69) is 15.6 Å². The first kappa shape index (κ1) is 22.0. The van der Waals surface area contributed by atoms with Gasteiger partial charge in [-0.05, 0) is 49.4 Å². The van der Waals surface area contributed by atoms with Crippen molar-refractivity contribution in [2.45, 2.75) is 31.2 Å². The molecule has 1 atom stereocenters. The molecule has 1 saturated heterocycles. The zero-order valence-corrected chi connectivity index (χ0v) is 16.0. The highest BCUT2D eigenvalue weighted by Gasteiger charge is 2.44. The summed E-state index contributed by atoms with van der Waals surface area (Å²) in [5.74, 6) is 0.763. The molecule has 25 heavy (non-hydrogen) atoms. The molecule has 1 aliphatic heterocycles. The highest BCUT2D eigenvalue weighted by Crippen LogP contribution is 2.42. The average Bonchev–Trinajstić information content (AvgIpc) is 2.94. The van der Waals surface area contributed by atoms with Gasteiger partial charge < -0.3 is 10.6 Å². The van der Waals surface area contributed by atoms with Crippen LogP contribution in [0.4, 0.5) is 5.82 Å². The number of hydrogen-bond donors (Lipinski definition) is 4. The van der Waals surface area contributed by atoms with E-state index in [1.807, 2.05) is 0 Å². The number of carbonyl (C=O) groups is 1. The molecule has 1 aromatic rings. The number of hydroxylamine groups is 1. The Morgan fingerprint density at radius 1 is 1.44 bits per heavy atom. The third-order valence-electron chi connectivity index (χ3n) is 4.84. The summed E-state index contributed by atoms with van der Waals surface area (Å²) in [6.45, 7) is 1.95. The molecular formula is C16H23Cl3N4O2. The maximum absolute atomic E-state index is 11.0. The number of amides is 1. The zero-order chi connectivity index (χ0) is 16.3. The van der Waals surface area contributed by atoms with Crippen molar-refractivity contribution in [3.05, 3.63) is 28.9 Å². The van der Waals surface area contributed by atoms with Crippen LogP contribution in [-0.4, -0.2) is 34.7 Å². The van der Waals surface area contributed by atoms with E-state index in [1.54, 1.807) is 23.8 Å². The Hall–Kier alpha value is -1.05. The third kappa shape index (κ3) is 4.99. The third-order valence-corrected chi connectivity index (χ3v) is 5.13. The maximum atomic E-state index is 11.0. The first-order valence-electron chi connectivity index (χ1n) is 7.89. The van der Waals surface area contributed by atoms with Gasteiger partial charge >= 0.3 is 0 Å². The molecule has 0 bridgehead atoms. The van der Waals surface area contributed by atoms with Crippen molar-refractivity contribution < 1.29 is 10.0 Å². The Morgan fingerprint density at radius 3 is 2.72 bits per heavy atom. The molecule has 9 heteroatoms. The summed E-state index contributed by atoms with van der Waals surface area (Å²) in [6.07, 6.45) is 9.31. The normalized spacial score (nSPS) is 22.6. The molecule has 1 aliphatic carbocycles. The van der Waals surface area contributed by atoms with Crippen LogP contribution in [0.15, 0.2) is 18.3 Å². The molecule has 0 radical (unpaired) electrons. The van der Waals surface area contributed by atoms with Crippen molar-refractivity contribution in [1.82, 2.24) is 15.8 Å². The van der Waals surface area contributed by atoms with Crippen LogP contribution in [0.5, 0.6) is 0 Å². The predicted octanol–water partition coefficient (Wildman–Crippen LogP) is 3.04. The van der Waals surface area contributed by atoms with Crippen LogP contribution in [0.3, 0.4) is 0 Å². The molecule has 3 rings (SSSR count). The lowest BCUT2D eigenvalue weighted by Gasteiger charge is -2.43. The smallest absolute Gasteiger partial charge is 0.267 e. The summed E-state index contributed by atoms with van der Waals surface area (Å²) >= 11 is 6.36. The van der Waals surface area contributed by atoms with Crippen LogP contribution in [0.1, 0.15) is 31.2 Å². The lowest BCUT2D eigenvalue weighted by Crippen LogP contribution is -2.50. The van der Waals surface area contributed by atoms with Gasteiger partial charge in [-0.1, -0.05) is 18.0 Å². The molecule has 6 nitrogen and oxygen atoms in total. The molecule has 1 amide bonds. The maximum Gasteiger partial charge on any atom is 0.267 e. The Morgan fingerprint density at radius 2 is 2.20 bits per heavy atom. The van der Waals surface area contributed by atoms with Crippen molar-refractivity contribution in [2.75, 3.05) is 18.4 Å². The summed E-state index contributed by atoms with van der Waals surface area (Å²) in [5, 5.41) is 16.0. The molecule has 0 unspecified atom stereocenters. The Balaban J connectivity index is 0.00000156. The lowest BCUT2D eigenvalue weighted by molar-refractivity contribution is -0.124. The standard InChI is InChI=1S/C16H21ClN4O2.2ClH/c17-13-8-11(4-5-14(22)21-23)9-19-15(13)20-16(6-7-18-10-16)12-2-1-3-12;;/h4-5,8-9,12,18,23H,1-3,6-7,10H2,(H,19,20)(H,21,22);2*1H/b5-4+;;/t16-;;/m0../s1. The number of rotatable bonds is 5. The number of pyridine rings is 1.